The molecule has 0 radical (unpaired) electrons. The van der Waals surface area contributed by atoms with Crippen molar-refractivity contribution >= 4 is 63.5 Å². The average molecular weight is 1130 g/mol. The predicted octanol–water partition coefficient (Wildman–Crippen LogP) is 5.95. The fourth-order valence-corrected chi connectivity index (χ4v) is 13.8. The molecule has 3 aromatic carbocycles. The Hall–Kier alpha value is -6.04. The van der Waals surface area contributed by atoms with Gasteiger partial charge < -0.3 is 49.9 Å². The summed E-state index contributed by atoms with van der Waals surface area (Å²) in [7, 11) is -15.0. The number of hydrogen-bond acceptors (Lipinski definition) is 14. The molecule has 416 valence electrons. The zero-order valence-corrected chi connectivity index (χ0v) is 47.5. The smallest absolute Gasteiger partial charge is 0.456 e. The van der Waals surface area contributed by atoms with Gasteiger partial charge in [0.2, 0.25) is 11.3 Å². The quantitative estimate of drug-likeness (QED) is 0.0356. The van der Waals surface area contributed by atoms with Crippen LogP contribution in [-0.4, -0.2) is 103 Å². The number of fused-ring (bicyclic) bond motifs is 4. The molecule has 2 unspecified atom stereocenters. The van der Waals surface area contributed by atoms with Gasteiger partial charge >= 0.3 is 29.2 Å². The van der Waals surface area contributed by atoms with Gasteiger partial charge in [0.25, 0.3) is 5.91 Å². The molecule has 0 aliphatic carbocycles. The van der Waals surface area contributed by atoms with E-state index in [1.54, 1.807) is 11.9 Å². The number of amides is 2. The minimum atomic E-state index is -5.71. The number of nitrogens with one attached hydrogen (secondary N) is 1. The summed E-state index contributed by atoms with van der Waals surface area (Å²) in [4.78, 5) is 85.0. The summed E-state index contributed by atoms with van der Waals surface area (Å²) in [5.74, 6) is 6.27. The van der Waals surface area contributed by atoms with Crippen molar-refractivity contribution in [2.24, 2.45) is 0 Å². The molecular formula is C53H65N7O15P3+. The number of benzene rings is 3. The lowest BCUT2D eigenvalue weighted by atomic mass is 9.83. The molecule has 4 aliphatic rings. The van der Waals surface area contributed by atoms with E-state index in [-0.39, 0.29) is 66.6 Å². The van der Waals surface area contributed by atoms with Crippen LogP contribution in [0.2, 0.25) is 0 Å². The summed E-state index contributed by atoms with van der Waals surface area (Å²) in [6.07, 6.45) is 4.75. The van der Waals surface area contributed by atoms with Gasteiger partial charge in [-0.2, -0.15) is 13.6 Å². The van der Waals surface area contributed by atoms with Crippen molar-refractivity contribution in [1.82, 2.24) is 24.3 Å². The topological polar surface area (TPSA) is 295 Å². The Morgan fingerprint density at radius 3 is 2.36 bits per heavy atom. The number of hydrogen-bond donors (Lipinski definition) is 6. The van der Waals surface area contributed by atoms with E-state index in [2.05, 4.69) is 137 Å². The minimum absolute atomic E-state index is 0.0837. The number of aromatic nitrogens is 2. The molecule has 78 heavy (non-hydrogen) atoms. The van der Waals surface area contributed by atoms with Crippen LogP contribution in [0.4, 0.5) is 11.5 Å². The first-order valence-corrected chi connectivity index (χ1v) is 29.8. The summed E-state index contributed by atoms with van der Waals surface area (Å²) in [5.41, 5.74) is 13.5. The van der Waals surface area contributed by atoms with Crippen LogP contribution < -0.4 is 41.5 Å². The van der Waals surface area contributed by atoms with E-state index >= 15 is 0 Å². The largest absolute Gasteiger partial charge is 0.490 e. The van der Waals surface area contributed by atoms with Gasteiger partial charge in [-0.05, 0) is 102 Å². The van der Waals surface area contributed by atoms with Crippen molar-refractivity contribution in [3.05, 3.63) is 121 Å². The number of phosphoric ester groups is 1. The highest BCUT2D eigenvalue weighted by molar-refractivity contribution is 7.66. The van der Waals surface area contributed by atoms with Crippen LogP contribution in [0, 0.1) is 11.8 Å². The van der Waals surface area contributed by atoms with Crippen molar-refractivity contribution in [2.75, 3.05) is 50.5 Å². The molecule has 25 heteroatoms. The van der Waals surface area contributed by atoms with Crippen LogP contribution in [0.1, 0.15) is 125 Å². The lowest BCUT2D eigenvalue weighted by molar-refractivity contribution is -0.121. The third-order valence-electron chi connectivity index (χ3n) is 14.0. The van der Waals surface area contributed by atoms with Crippen LogP contribution >= 0.6 is 23.5 Å². The van der Waals surface area contributed by atoms with Gasteiger partial charge in [0, 0.05) is 91.4 Å². The van der Waals surface area contributed by atoms with E-state index in [0.717, 1.165) is 72.9 Å². The van der Waals surface area contributed by atoms with Gasteiger partial charge in [-0.25, -0.2) is 23.1 Å². The predicted molar refractivity (Wildman–Crippen MR) is 292 cm³/mol. The van der Waals surface area contributed by atoms with Crippen LogP contribution in [0.5, 0.6) is 11.5 Å². The number of anilines is 2. The standard InChI is InChI=1S/C53H64N7O15P3/c1-10-59-42-26-44-40(24-38(42)32(3)28-52(59,5)6)48(41-25-39-33(4)29-53(7,8)60(11-2)43(39)27-45(41)73-44)36-17-12-13-18-37(36)50(62)57(9)23-15-19-46(61)55-22-14-16-34-30-58(51(63)56-49(34)54)47-21-20-35(72-47)31-71-77(67,68)75-78(69,70)74-76(64,65)66/h12-13,17-18,24-30,35,47H,10-11,15,19-23,31H2,1-9H3,(H6-,54,55,56,61,63,64,65,66,67,68,69,70)/p+1/t35-,47+/m0/s1. The molecule has 0 bridgehead atoms. The van der Waals surface area contributed by atoms with Gasteiger partial charge in [-0.3, -0.25) is 18.7 Å². The Balaban J connectivity index is 0.951. The Bertz CT molecular complexity index is 3600. The molecule has 4 aliphatic heterocycles. The van der Waals surface area contributed by atoms with Crippen LogP contribution in [-0.2, 0) is 36.4 Å². The summed E-state index contributed by atoms with van der Waals surface area (Å²) < 4.78 is 63.0. The molecule has 1 fully saturated rings. The van der Waals surface area contributed by atoms with E-state index in [9.17, 15) is 37.9 Å². The second-order valence-corrected chi connectivity index (χ2v) is 24.9. The highest BCUT2D eigenvalue weighted by atomic mass is 31.3. The normalized spacial score (nSPS) is 19.5. The molecule has 4 atom stereocenters. The van der Waals surface area contributed by atoms with Crippen molar-refractivity contribution < 1.29 is 65.5 Å². The first-order valence-electron chi connectivity index (χ1n) is 25.3. The average Bonchev–Trinajstić information content (AvgIpc) is 3.48. The maximum absolute atomic E-state index is 14.7. The van der Waals surface area contributed by atoms with Gasteiger partial charge in [-0.15, -0.1) is 0 Å². The van der Waals surface area contributed by atoms with E-state index in [1.807, 2.05) is 24.3 Å². The Kier molecular flexibility index (Phi) is 16.6. The Labute approximate surface area is 451 Å². The number of carbonyl (C=O) groups excluding carboxylic acids is 2. The van der Waals surface area contributed by atoms with Crippen LogP contribution in [0.3, 0.4) is 0 Å². The van der Waals surface area contributed by atoms with E-state index < -0.39 is 48.1 Å². The number of phosphoric acid groups is 3. The van der Waals surface area contributed by atoms with Gasteiger partial charge in [0.05, 0.1) is 36.4 Å². The number of allylic oxidation sites excluding steroid dienone is 2. The van der Waals surface area contributed by atoms with Crippen molar-refractivity contribution in [3.63, 3.8) is 0 Å². The highest BCUT2D eigenvalue weighted by Gasteiger charge is 2.42. The second-order valence-electron chi connectivity index (χ2n) is 20.5. The summed E-state index contributed by atoms with van der Waals surface area (Å²) in [6, 6.07) is 16.3. The third-order valence-corrected chi connectivity index (χ3v) is 17.8. The lowest BCUT2D eigenvalue weighted by Gasteiger charge is -2.43. The number of likely N-dealkylation sites (N-methyl/N-ethyl adjacent to an activating group) is 2. The summed E-state index contributed by atoms with van der Waals surface area (Å²) in [6.45, 7) is 18.5. The van der Waals surface area contributed by atoms with Crippen LogP contribution in [0.15, 0.2) is 71.7 Å². The Morgan fingerprint density at radius 2 is 1.65 bits per heavy atom. The second kappa shape index (κ2) is 22.2. The molecule has 5 heterocycles. The molecule has 8 rings (SSSR count). The maximum atomic E-state index is 14.7. The summed E-state index contributed by atoms with van der Waals surface area (Å²) in [5, 5.41) is 4.71. The van der Waals surface area contributed by atoms with Crippen molar-refractivity contribution in [2.45, 2.75) is 104 Å². The third kappa shape index (κ3) is 12.5. The monoisotopic (exact) mass is 1130 g/mol. The fraction of sp³-hybridized carbons (Fsp3) is 0.415. The number of ether oxygens (including phenoxy) is 2. The van der Waals surface area contributed by atoms with E-state index in [0.29, 0.717) is 23.5 Å². The summed E-state index contributed by atoms with van der Waals surface area (Å²) >= 11 is 0. The first-order chi connectivity index (χ1) is 36.5. The van der Waals surface area contributed by atoms with Gasteiger partial charge in [-0.1, -0.05) is 36.1 Å². The van der Waals surface area contributed by atoms with E-state index in [1.165, 1.54) is 6.20 Å². The molecule has 1 aromatic heterocycles. The van der Waals surface area contributed by atoms with Gasteiger partial charge in [0.1, 0.15) is 30.1 Å². The number of nitrogens with two attached hydrogens (primary N) is 1. The molecular weight excluding hydrogens is 1070 g/mol. The maximum Gasteiger partial charge on any atom is 0.490 e. The first kappa shape index (κ1) is 58.1. The molecule has 22 nitrogen and oxygen atoms in total. The molecule has 7 N–H and O–H groups in total. The van der Waals surface area contributed by atoms with E-state index in [4.69, 9.17) is 25.0 Å². The molecule has 2 amide bonds. The minimum Gasteiger partial charge on any atom is -0.456 e. The number of carbonyl (C=O) groups is 2. The van der Waals surface area contributed by atoms with Crippen molar-refractivity contribution in [1.29, 1.82) is 0 Å². The molecule has 0 saturated carbocycles. The fourth-order valence-electron chi connectivity index (χ4n) is 10.8. The number of rotatable bonds is 17. The Morgan fingerprint density at radius 1 is 0.936 bits per heavy atom. The zero-order valence-electron chi connectivity index (χ0n) is 44.8. The van der Waals surface area contributed by atoms with Gasteiger partial charge in [0.15, 0.2) is 5.54 Å². The highest BCUT2D eigenvalue weighted by Crippen LogP contribution is 2.66. The van der Waals surface area contributed by atoms with Crippen molar-refractivity contribution in [3.8, 4) is 23.3 Å². The molecule has 4 aromatic rings. The lowest BCUT2D eigenvalue weighted by Crippen LogP contribution is -2.49. The number of nitrogen functional groups attached to an aromatic ring is 1. The van der Waals surface area contributed by atoms with Crippen LogP contribution in [0.25, 0.3) is 16.7 Å². The molecule has 1 saturated heterocycles. The molecule has 0 spiro atoms. The SMILES string of the molecule is CCN1c2cc3c(cc2C(C)=CC1(C)C)C(c1ccccc1C(=O)N(C)CCCC(=O)NCC#Cc1cn([C@H]2CC[C@@H](COP(=O)(O)OP(=O)(O)OP(=O)(O)O)O2)c(=O)nc1N)=c1cc2c(cc1O3)=[N+](CC)C(C)(C)C=C2C. The number of nitrogens with zero attached hydrogens (tertiary/aromatic N) is 5. The zero-order chi connectivity index (χ0) is 56.9.